The highest BCUT2D eigenvalue weighted by atomic mass is 32.2. The van der Waals surface area contributed by atoms with Crippen LogP contribution in [0.25, 0.3) is 0 Å². The van der Waals surface area contributed by atoms with Gasteiger partial charge in [0.25, 0.3) is 0 Å². The van der Waals surface area contributed by atoms with Gasteiger partial charge in [-0.3, -0.25) is 14.9 Å². The molecule has 0 bridgehead atoms. The monoisotopic (exact) mass is 393 g/mol. The van der Waals surface area contributed by atoms with E-state index in [1.165, 1.54) is 16.4 Å². The third-order valence-corrected chi connectivity index (χ3v) is 5.27. The quantitative estimate of drug-likeness (QED) is 0.629. The molecule has 28 heavy (non-hydrogen) atoms. The predicted molar refractivity (Wildman–Crippen MR) is 107 cm³/mol. The number of amides is 2. The molecule has 1 atom stereocenters. The number of carbonyl (C=O) groups excluding carboxylic acids is 2. The number of hydrogen-bond acceptors (Lipinski definition) is 5. The maximum atomic E-state index is 12.7. The van der Waals surface area contributed by atoms with Gasteiger partial charge in [-0.25, -0.2) is 4.68 Å². The number of hydrogen-bond donors (Lipinski definition) is 2. The van der Waals surface area contributed by atoms with Crippen LogP contribution in [0, 0.1) is 0 Å². The van der Waals surface area contributed by atoms with Crippen molar-refractivity contribution >= 4 is 29.5 Å². The van der Waals surface area contributed by atoms with Crippen LogP contribution in [0.4, 0.5) is 5.95 Å². The molecule has 7 nitrogen and oxygen atoms in total. The Morgan fingerprint density at radius 1 is 1.11 bits per heavy atom. The summed E-state index contributed by atoms with van der Waals surface area (Å²) >= 11 is 1.47. The number of thioether (sulfide) groups is 1. The van der Waals surface area contributed by atoms with Gasteiger partial charge in [0, 0.05) is 12.3 Å². The molecule has 0 spiro atoms. The van der Waals surface area contributed by atoms with Gasteiger partial charge >= 0.3 is 0 Å². The Hall–Kier alpha value is -3.13. The Kier molecular flexibility index (Phi) is 5.38. The highest BCUT2D eigenvalue weighted by Gasteiger charge is 2.33. The summed E-state index contributed by atoms with van der Waals surface area (Å²) in [5, 5.41) is 10.6. The van der Waals surface area contributed by atoms with Gasteiger partial charge in [-0.2, -0.15) is 4.98 Å². The first-order valence-electron chi connectivity index (χ1n) is 8.94. The second-order valence-electron chi connectivity index (χ2n) is 6.41. The summed E-state index contributed by atoms with van der Waals surface area (Å²) < 4.78 is 1.51. The zero-order valence-electron chi connectivity index (χ0n) is 15.0. The fourth-order valence-corrected chi connectivity index (χ4v) is 3.72. The van der Waals surface area contributed by atoms with E-state index in [4.69, 9.17) is 0 Å². The molecule has 0 saturated carbocycles. The second kappa shape index (κ2) is 8.26. The number of anilines is 1. The van der Waals surface area contributed by atoms with Gasteiger partial charge < -0.3 is 5.32 Å². The number of carbonyl (C=O) groups is 2. The van der Waals surface area contributed by atoms with Crippen LogP contribution >= 0.6 is 11.8 Å². The maximum Gasteiger partial charge on any atom is 0.245 e. The molecule has 4 rings (SSSR count). The molecule has 1 aliphatic rings. The van der Waals surface area contributed by atoms with Gasteiger partial charge in [-0.1, -0.05) is 72.4 Å². The second-order valence-corrected chi connectivity index (χ2v) is 7.35. The molecular formula is C20H19N5O2S. The molecule has 2 amide bonds. The zero-order chi connectivity index (χ0) is 19.3. The standard InChI is InChI=1S/C20H19N5O2S/c26-17-11-16(18(27)21-12-14-7-3-1-4-8-14)25-19(22-17)23-20(24-25)28-13-15-9-5-2-6-10-15/h1-10,16H,11-13H2,(H,21,27)(H,22,23,24,26)/t16-/m1/s1. The van der Waals surface area contributed by atoms with E-state index >= 15 is 0 Å². The lowest BCUT2D eigenvalue weighted by molar-refractivity contribution is -0.129. The molecule has 8 heteroatoms. The van der Waals surface area contributed by atoms with E-state index in [1.807, 2.05) is 60.7 Å². The van der Waals surface area contributed by atoms with Crippen LogP contribution in [0.2, 0.25) is 0 Å². The van der Waals surface area contributed by atoms with E-state index in [2.05, 4.69) is 20.7 Å². The largest absolute Gasteiger partial charge is 0.350 e. The number of benzene rings is 2. The summed E-state index contributed by atoms with van der Waals surface area (Å²) in [6.45, 7) is 0.400. The highest BCUT2D eigenvalue weighted by Crippen LogP contribution is 2.27. The normalized spacial score (nSPS) is 15.6. The molecule has 0 aliphatic carbocycles. The lowest BCUT2D eigenvalue weighted by Crippen LogP contribution is -2.39. The predicted octanol–water partition coefficient (Wildman–Crippen LogP) is 2.77. The average molecular weight is 393 g/mol. The third kappa shape index (κ3) is 4.23. The van der Waals surface area contributed by atoms with Crippen LogP contribution in [0.5, 0.6) is 0 Å². The molecule has 0 fully saturated rings. The van der Waals surface area contributed by atoms with Gasteiger partial charge in [0.05, 0.1) is 6.42 Å². The SMILES string of the molecule is O=C1C[C@H](C(=O)NCc2ccccc2)n2nc(SCc3ccccc3)nc2N1. The molecule has 2 aromatic carbocycles. The minimum absolute atomic E-state index is 0.0414. The smallest absolute Gasteiger partial charge is 0.245 e. The molecule has 2 N–H and O–H groups in total. The minimum Gasteiger partial charge on any atom is -0.350 e. The van der Waals surface area contributed by atoms with Crippen LogP contribution in [0.3, 0.4) is 0 Å². The van der Waals surface area contributed by atoms with E-state index in [-0.39, 0.29) is 18.2 Å². The van der Waals surface area contributed by atoms with Crippen LogP contribution < -0.4 is 10.6 Å². The summed E-state index contributed by atoms with van der Waals surface area (Å²) in [5.41, 5.74) is 2.15. The molecule has 2 heterocycles. The van der Waals surface area contributed by atoms with Crippen molar-refractivity contribution in [1.29, 1.82) is 0 Å². The van der Waals surface area contributed by atoms with E-state index < -0.39 is 6.04 Å². The van der Waals surface area contributed by atoms with E-state index in [1.54, 1.807) is 0 Å². The topological polar surface area (TPSA) is 88.9 Å². The van der Waals surface area contributed by atoms with Gasteiger partial charge in [0.2, 0.25) is 22.9 Å². The number of rotatable bonds is 6. The van der Waals surface area contributed by atoms with Gasteiger partial charge in [-0.05, 0) is 11.1 Å². The van der Waals surface area contributed by atoms with Crippen molar-refractivity contribution in [3.05, 3.63) is 71.8 Å². The van der Waals surface area contributed by atoms with Crippen LogP contribution in [-0.2, 0) is 21.9 Å². The lowest BCUT2D eigenvalue weighted by atomic mass is 10.1. The summed E-state index contributed by atoms with van der Waals surface area (Å²) in [6.07, 6.45) is 0.0414. The Morgan fingerprint density at radius 2 is 1.79 bits per heavy atom. The van der Waals surface area contributed by atoms with Crippen molar-refractivity contribution in [3.8, 4) is 0 Å². The first-order chi connectivity index (χ1) is 13.7. The van der Waals surface area contributed by atoms with Crippen LogP contribution in [0.1, 0.15) is 23.6 Å². The van der Waals surface area contributed by atoms with Crippen LogP contribution in [0.15, 0.2) is 65.8 Å². The van der Waals surface area contributed by atoms with E-state index in [9.17, 15) is 9.59 Å². The Balaban J connectivity index is 1.45. The molecule has 0 radical (unpaired) electrons. The third-order valence-electron chi connectivity index (χ3n) is 4.36. The molecular weight excluding hydrogens is 374 g/mol. The van der Waals surface area contributed by atoms with Gasteiger partial charge in [0.1, 0.15) is 6.04 Å². The van der Waals surface area contributed by atoms with Crippen molar-refractivity contribution < 1.29 is 9.59 Å². The summed E-state index contributed by atoms with van der Waals surface area (Å²) in [4.78, 5) is 29.1. The molecule has 0 unspecified atom stereocenters. The summed E-state index contributed by atoms with van der Waals surface area (Å²) in [6, 6.07) is 18.9. The zero-order valence-corrected chi connectivity index (χ0v) is 15.9. The summed E-state index contributed by atoms with van der Waals surface area (Å²) in [5.74, 6) is 0.541. The Morgan fingerprint density at radius 3 is 2.50 bits per heavy atom. The van der Waals surface area contributed by atoms with E-state index in [0.717, 1.165) is 11.1 Å². The fourth-order valence-electron chi connectivity index (χ4n) is 2.93. The van der Waals surface area contributed by atoms with Crippen molar-refractivity contribution in [3.63, 3.8) is 0 Å². The number of nitrogens with one attached hydrogen (secondary N) is 2. The van der Waals surface area contributed by atoms with E-state index in [0.29, 0.717) is 23.4 Å². The van der Waals surface area contributed by atoms with Crippen molar-refractivity contribution in [2.45, 2.75) is 29.9 Å². The van der Waals surface area contributed by atoms with Gasteiger partial charge in [0.15, 0.2) is 0 Å². The van der Waals surface area contributed by atoms with Crippen molar-refractivity contribution in [2.24, 2.45) is 0 Å². The molecule has 0 saturated heterocycles. The lowest BCUT2D eigenvalue weighted by Gasteiger charge is -2.22. The molecule has 142 valence electrons. The summed E-state index contributed by atoms with van der Waals surface area (Å²) in [7, 11) is 0. The Bertz CT molecular complexity index is 975. The molecule has 1 aromatic heterocycles. The average Bonchev–Trinajstić information content (AvgIpc) is 3.14. The number of fused-ring (bicyclic) bond motifs is 1. The highest BCUT2D eigenvalue weighted by molar-refractivity contribution is 7.98. The van der Waals surface area contributed by atoms with Crippen LogP contribution in [-0.4, -0.2) is 26.6 Å². The maximum absolute atomic E-state index is 12.7. The van der Waals surface area contributed by atoms with Crippen molar-refractivity contribution in [2.75, 3.05) is 5.32 Å². The van der Waals surface area contributed by atoms with Gasteiger partial charge in [-0.15, -0.1) is 5.10 Å². The molecule has 3 aromatic rings. The number of aromatic nitrogens is 3. The van der Waals surface area contributed by atoms with Crippen molar-refractivity contribution in [1.82, 2.24) is 20.1 Å². The Labute approximate surface area is 166 Å². The minimum atomic E-state index is -0.703. The number of nitrogens with zero attached hydrogens (tertiary/aromatic N) is 3. The molecule has 1 aliphatic heterocycles. The fraction of sp³-hybridized carbons (Fsp3) is 0.200. The first kappa shape index (κ1) is 18.2. The first-order valence-corrected chi connectivity index (χ1v) is 9.92.